The van der Waals surface area contributed by atoms with E-state index in [1.807, 2.05) is 65.6 Å². The smallest absolute Gasteiger partial charge is 0.323 e. The fourth-order valence-corrected chi connectivity index (χ4v) is 3.16. The van der Waals surface area contributed by atoms with Crippen LogP contribution in [0.25, 0.3) is 0 Å². The molecule has 0 aromatic heterocycles. The van der Waals surface area contributed by atoms with Gasteiger partial charge >= 0.3 is 5.97 Å². The Hall–Kier alpha value is -2.66. The lowest BCUT2D eigenvalue weighted by molar-refractivity contribution is -0.152. The van der Waals surface area contributed by atoms with Crippen molar-refractivity contribution in [3.8, 4) is 0 Å². The first-order valence-electron chi connectivity index (χ1n) is 10.4. The largest absolute Gasteiger partial charge is 0.465 e. The van der Waals surface area contributed by atoms with Crippen LogP contribution in [0.3, 0.4) is 0 Å². The van der Waals surface area contributed by atoms with Gasteiger partial charge in [-0.1, -0.05) is 74.0 Å². The number of hydrogen-bond donors (Lipinski definition) is 1. The topological polar surface area (TPSA) is 58.6 Å². The van der Waals surface area contributed by atoms with Gasteiger partial charge in [0.15, 0.2) is 0 Å². The number of carbonyl (C=O) groups is 2. The van der Waals surface area contributed by atoms with E-state index in [2.05, 4.69) is 12.2 Å². The van der Waals surface area contributed by atoms with Crippen molar-refractivity contribution in [2.45, 2.75) is 52.2 Å². The molecule has 0 saturated heterocycles. The summed E-state index contributed by atoms with van der Waals surface area (Å²) in [7, 11) is 0. The summed E-state index contributed by atoms with van der Waals surface area (Å²) in [6.45, 7) is 5.90. The molecule has 0 unspecified atom stereocenters. The van der Waals surface area contributed by atoms with Crippen molar-refractivity contribution in [1.29, 1.82) is 0 Å². The maximum atomic E-state index is 12.8. The molecule has 0 heterocycles. The lowest BCUT2D eigenvalue weighted by Gasteiger charge is -2.30. The zero-order valence-corrected chi connectivity index (χ0v) is 17.5. The third-order valence-electron chi connectivity index (χ3n) is 4.69. The number of hydrogen-bond acceptors (Lipinski definition) is 4. The van der Waals surface area contributed by atoms with Crippen molar-refractivity contribution in [2.75, 3.05) is 13.2 Å². The highest BCUT2D eigenvalue weighted by Gasteiger charge is 2.30. The maximum Gasteiger partial charge on any atom is 0.323 e. The van der Waals surface area contributed by atoms with Gasteiger partial charge in [0, 0.05) is 19.6 Å². The second kappa shape index (κ2) is 12.7. The summed E-state index contributed by atoms with van der Waals surface area (Å²) in [6, 6.07) is 19.3. The SMILES string of the molecule is CCCCNC(=O)C[C@H](C(=O)OCC)N(Cc1ccccc1)Cc1ccccc1. The van der Waals surface area contributed by atoms with Crippen molar-refractivity contribution < 1.29 is 14.3 Å². The van der Waals surface area contributed by atoms with E-state index in [-0.39, 0.29) is 24.9 Å². The maximum absolute atomic E-state index is 12.8. The van der Waals surface area contributed by atoms with Crippen LogP contribution in [0.5, 0.6) is 0 Å². The van der Waals surface area contributed by atoms with Gasteiger partial charge in [0.25, 0.3) is 0 Å². The highest BCUT2D eigenvalue weighted by atomic mass is 16.5. The van der Waals surface area contributed by atoms with Crippen molar-refractivity contribution in [1.82, 2.24) is 10.2 Å². The number of carbonyl (C=O) groups excluding carboxylic acids is 2. The predicted octanol–water partition coefficient (Wildman–Crippen LogP) is 3.93. The Morgan fingerprint density at radius 1 is 0.931 bits per heavy atom. The van der Waals surface area contributed by atoms with Crippen LogP contribution in [0.2, 0.25) is 0 Å². The summed E-state index contributed by atoms with van der Waals surface area (Å²) in [5.74, 6) is -0.479. The normalized spacial score (nSPS) is 11.8. The molecule has 5 heteroatoms. The number of amides is 1. The molecular weight excluding hydrogens is 364 g/mol. The Balaban J connectivity index is 2.23. The van der Waals surface area contributed by atoms with Crippen LogP contribution >= 0.6 is 0 Å². The van der Waals surface area contributed by atoms with Crippen molar-refractivity contribution in [3.05, 3.63) is 71.8 Å². The first-order valence-corrected chi connectivity index (χ1v) is 10.4. The molecule has 1 atom stereocenters. The number of benzene rings is 2. The minimum absolute atomic E-state index is 0.0855. The van der Waals surface area contributed by atoms with Crippen molar-refractivity contribution >= 4 is 11.9 Å². The summed E-state index contributed by atoms with van der Waals surface area (Å²) >= 11 is 0. The van der Waals surface area contributed by atoms with Crippen LogP contribution in [0.1, 0.15) is 44.2 Å². The van der Waals surface area contributed by atoms with Crippen LogP contribution in [0.4, 0.5) is 0 Å². The Kier molecular flexibility index (Phi) is 9.93. The van der Waals surface area contributed by atoms with Gasteiger partial charge in [-0.15, -0.1) is 0 Å². The Bertz CT molecular complexity index is 693. The fraction of sp³-hybridized carbons (Fsp3) is 0.417. The minimum Gasteiger partial charge on any atom is -0.465 e. The van der Waals surface area contributed by atoms with Gasteiger partial charge < -0.3 is 10.1 Å². The number of unbranched alkanes of at least 4 members (excludes halogenated alkanes) is 1. The van der Waals surface area contributed by atoms with E-state index in [4.69, 9.17) is 4.74 Å². The highest BCUT2D eigenvalue weighted by Crippen LogP contribution is 2.17. The number of esters is 1. The third kappa shape index (κ3) is 8.08. The van der Waals surface area contributed by atoms with Gasteiger partial charge in [0.2, 0.25) is 5.91 Å². The number of ether oxygens (including phenoxy) is 1. The van der Waals surface area contributed by atoms with Gasteiger partial charge in [-0.05, 0) is 24.5 Å². The zero-order valence-electron chi connectivity index (χ0n) is 17.5. The fourth-order valence-electron chi connectivity index (χ4n) is 3.16. The molecule has 0 spiro atoms. The number of nitrogens with zero attached hydrogens (tertiary/aromatic N) is 1. The zero-order chi connectivity index (χ0) is 20.9. The second-order valence-corrected chi connectivity index (χ2v) is 7.05. The van der Waals surface area contributed by atoms with Gasteiger partial charge in [0.1, 0.15) is 6.04 Å². The molecule has 0 fully saturated rings. The van der Waals surface area contributed by atoms with E-state index in [0.29, 0.717) is 19.6 Å². The molecule has 0 aliphatic rings. The monoisotopic (exact) mass is 396 g/mol. The first-order chi connectivity index (χ1) is 14.1. The van der Waals surface area contributed by atoms with E-state index in [0.717, 1.165) is 24.0 Å². The molecule has 156 valence electrons. The first kappa shape index (κ1) is 22.6. The van der Waals surface area contributed by atoms with Gasteiger partial charge in [-0.2, -0.15) is 0 Å². The van der Waals surface area contributed by atoms with E-state index in [1.54, 1.807) is 6.92 Å². The van der Waals surface area contributed by atoms with Crippen molar-refractivity contribution in [2.24, 2.45) is 0 Å². The number of rotatable bonds is 12. The Morgan fingerprint density at radius 2 is 1.48 bits per heavy atom. The van der Waals surface area contributed by atoms with E-state index in [1.165, 1.54) is 0 Å². The molecule has 2 aromatic rings. The quantitative estimate of drug-likeness (QED) is 0.436. The lowest BCUT2D eigenvalue weighted by Crippen LogP contribution is -2.44. The van der Waals surface area contributed by atoms with Crippen LogP contribution in [0, 0.1) is 0 Å². The Labute approximate surface area is 174 Å². The molecule has 0 saturated carbocycles. The van der Waals surface area contributed by atoms with Crippen LogP contribution in [-0.2, 0) is 27.4 Å². The Morgan fingerprint density at radius 3 is 1.97 bits per heavy atom. The molecule has 2 aromatic carbocycles. The molecule has 0 aliphatic heterocycles. The van der Waals surface area contributed by atoms with Crippen LogP contribution in [-0.4, -0.2) is 36.0 Å². The second-order valence-electron chi connectivity index (χ2n) is 7.05. The molecule has 5 nitrogen and oxygen atoms in total. The van der Waals surface area contributed by atoms with Crippen LogP contribution < -0.4 is 5.32 Å². The standard InChI is InChI=1S/C24H32N2O3/c1-3-5-16-25-23(27)17-22(24(28)29-4-2)26(18-20-12-8-6-9-13-20)19-21-14-10-7-11-15-21/h6-15,22H,3-5,16-19H2,1-2H3,(H,25,27)/t22-/m1/s1. The molecular formula is C24H32N2O3. The van der Waals surface area contributed by atoms with Crippen molar-refractivity contribution in [3.63, 3.8) is 0 Å². The minimum atomic E-state index is -0.642. The van der Waals surface area contributed by atoms with Gasteiger partial charge in [-0.25, -0.2) is 0 Å². The molecule has 0 radical (unpaired) electrons. The van der Waals surface area contributed by atoms with Crippen LogP contribution in [0.15, 0.2) is 60.7 Å². The van der Waals surface area contributed by atoms with Gasteiger partial charge in [-0.3, -0.25) is 14.5 Å². The summed E-state index contributed by atoms with van der Waals surface area (Å²) in [4.78, 5) is 27.3. The summed E-state index contributed by atoms with van der Waals surface area (Å²) in [6.07, 6.45) is 2.02. The lowest BCUT2D eigenvalue weighted by atomic mass is 10.1. The summed E-state index contributed by atoms with van der Waals surface area (Å²) in [5.41, 5.74) is 2.17. The average molecular weight is 397 g/mol. The molecule has 1 amide bonds. The molecule has 0 bridgehead atoms. The molecule has 29 heavy (non-hydrogen) atoms. The number of nitrogens with one attached hydrogen (secondary N) is 1. The van der Waals surface area contributed by atoms with E-state index < -0.39 is 6.04 Å². The summed E-state index contributed by atoms with van der Waals surface area (Å²) < 4.78 is 5.33. The predicted molar refractivity (Wildman–Crippen MR) is 115 cm³/mol. The van der Waals surface area contributed by atoms with Gasteiger partial charge in [0.05, 0.1) is 13.0 Å². The molecule has 0 aliphatic carbocycles. The highest BCUT2D eigenvalue weighted by molar-refractivity contribution is 5.85. The third-order valence-corrected chi connectivity index (χ3v) is 4.69. The molecule has 1 N–H and O–H groups in total. The molecule has 2 rings (SSSR count). The average Bonchev–Trinajstić information content (AvgIpc) is 2.73. The van der Waals surface area contributed by atoms with E-state index >= 15 is 0 Å². The van der Waals surface area contributed by atoms with E-state index in [9.17, 15) is 9.59 Å². The summed E-state index contributed by atoms with van der Waals surface area (Å²) in [5, 5.41) is 2.92.